The first-order valence-electron chi connectivity index (χ1n) is 8.66. The van der Waals surface area contributed by atoms with Gasteiger partial charge in [0.05, 0.1) is 12.2 Å². The van der Waals surface area contributed by atoms with E-state index in [4.69, 9.17) is 0 Å². The minimum absolute atomic E-state index is 0.196. The van der Waals surface area contributed by atoms with E-state index in [1.807, 2.05) is 24.1 Å². The Balaban J connectivity index is 1.66. The van der Waals surface area contributed by atoms with Gasteiger partial charge in [0.25, 0.3) is 5.76 Å². The zero-order valence-electron chi connectivity index (χ0n) is 14.6. The first-order chi connectivity index (χ1) is 12.5. The lowest BCUT2D eigenvalue weighted by Gasteiger charge is -2.32. The second kappa shape index (κ2) is 8.64. The fourth-order valence-corrected chi connectivity index (χ4v) is 4.08. The monoisotopic (exact) mass is 376 g/mol. The van der Waals surface area contributed by atoms with E-state index in [1.54, 1.807) is 24.3 Å². The summed E-state index contributed by atoms with van der Waals surface area (Å²) >= 11 is 0.443. The zero-order valence-corrected chi connectivity index (χ0v) is 15.4. The third kappa shape index (κ3) is 4.62. The normalized spacial score (nSPS) is 16.6. The predicted octanol–water partition coefficient (Wildman–Crippen LogP) is 4.95. The maximum Gasteiger partial charge on any atom is 0.288 e. The highest BCUT2D eigenvalue weighted by Gasteiger charge is 2.24. The third-order valence-electron chi connectivity index (χ3n) is 4.64. The Morgan fingerprint density at radius 1 is 1.23 bits per heavy atom. The summed E-state index contributed by atoms with van der Waals surface area (Å²) in [6.07, 6.45) is 3.19. The molecular formula is C20H22F2N2OS. The van der Waals surface area contributed by atoms with Crippen LogP contribution in [0.5, 0.6) is 0 Å². The van der Waals surface area contributed by atoms with Crippen LogP contribution in [0.1, 0.15) is 30.0 Å². The Morgan fingerprint density at radius 3 is 2.77 bits per heavy atom. The average molecular weight is 376 g/mol. The molecule has 26 heavy (non-hydrogen) atoms. The molecular weight excluding hydrogens is 354 g/mol. The van der Waals surface area contributed by atoms with Gasteiger partial charge < -0.3 is 5.32 Å². The molecule has 1 aliphatic carbocycles. The van der Waals surface area contributed by atoms with Gasteiger partial charge in [0, 0.05) is 10.9 Å². The Morgan fingerprint density at radius 2 is 1.96 bits per heavy atom. The molecule has 1 N–H and O–H groups in total. The van der Waals surface area contributed by atoms with Gasteiger partial charge in [-0.25, -0.2) is 0 Å². The van der Waals surface area contributed by atoms with Crippen LogP contribution in [0.4, 0.5) is 14.5 Å². The second-order valence-electron chi connectivity index (χ2n) is 6.44. The first kappa shape index (κ1) is 18.9. The molecule has 6 heteroatoms. The summed E-state index contributed by atoms with van der Waals surface area (Å²) in [5, 5.41) is 2.78. The molecule has 2 aromatic rings. The number of aryl methyl sites for hydroxylation is 1. The Labute approximate surface area is 156 Å². The Kier molecular flexibility index (Phi) is 6.27. The van der Waals surface area contributed by atoms with Crippen LogP contribution in [0.3, 0.4) is 0 Å². The van der Waals surface area contributed by atoms with Gasteiger partial charge in [-0.2, -0.15) is 8.78 Å². The number of halogens is 2. The van der Waals surface area contributed by atoms with Gasteiger partial charge >= 0.3 is 0 Å². The van der Waals surface area contributed by atoms with Crippen molar-refractivity contribution in [1.82, 2.24) is 4.90 Å². The summed E-state index contributed by atoms with van der Waals surface area (Å²) < 4.78 is 25.3. The number of fused-ring (bicyclic) bond motifs is 1. The fourth-order valence-electron chi connectivity index (χ4n) is 3.48. The maximum atomic E-state index is 12.7. The van der Waals surface area contributed by atoms with Crippen molar-refractivity contribution in [2.45, 2.75) is 36.0 Å². The number of hydrogen-bond acceptors (Lipinski definition) is 3. The van der Waals surface area contributed by atoms with E-state index in [-0.39, 0.29) is 18.5 Å². The molecule has 3 rings (SSSR count). The van der Waals surface area contributed by atoms with Crippen LogP contribution in [0, 0.1) is 0 Å². The maximum absolute atomic E-state index is 12.7. The number of thioether (sulfide) groups is 1. The number of alkyl halides is 2. The van der Waals surface area contributed by atoms with Crippen molar-refractivity contribution in [2.75, 3.05) is 18.9 Å². The standard InChI is InChI=1S/C20H22F2N2OS/c1-24(17-11-6-8-14-7-2-3-9-15(14)17)13-19(25)23-16-10-4-5-12-18(16)26-20(21)22/h2-5,7,9-10,12,17,20H,6,8,11,13H2,1H3,(H,23,25). The van der Waals surface area contributed by atoms with Gasteiger partial charge in [0.2, 0.25) is 5.91 Å². The van der Waals surface area contributed by atoms with Crippen molar-refractivity contribution in [2.24, 2.45) is 0 Å². The largest absolute Gasteiger partial charge is 0.324 e. The molecule has 3 nitrogen and oxygen atoms in total. The van der Waals surface area contributed by atoms with E-state index in [9.17, 15) is 13.6 Å². The number of nitrogens with zero attached hydrogens (tertiary/aromatic N) is 1. The topological polar surface area (TPSA) is 32.3 Å². The van der Waals surface area contributed by atoms with Crippen LogP contribution in [-0.4, -0.2) is 30.2 Å². The van der Waals surface area contributed by atoms with Crippen molar-refractivity contribution >= 4 is 23.4 Å². The van der Waals surface area contributed by atoms with Crippen LogP contribution in [0.25, 0.3) is 0 Å². The van der Waals surface area contributed by atoms with Crippen molar-refractivity contribution < 1.29 is 13.6 Å². The number of hydrogen-bond donors (Lipinski definition) is 1. The number of carbonyl (C=O) groups excluding carboxylic acids is 1. The molecule has 1 amide bonds. The smallest absolute Gasteiger partial charge is 0.288 e. The molecule has 0 heterocycles. The molecule has 0 saturated carbocycles. The van der Waals surface area contributed by atoms with E-state index in [0.717, 1.165) is 19.3 Å². The molecule has 1 unspecified atom stereocenters. The minimum Gasteiger partial charge on any atom is -0.324 e. The molecule has 0 aromatic heterocycles. The highest BCUT2D eigenvalue weighted by Crippen LogP contribution is 2.34. The molecule has 0 radical (unpaired) electrons. The summed E-state index contributed by atoms with van der Waals surface area (Å²) in [6, 6.07) is 15.2. The summed E-state index contributed by atoms with van der Waals surface area (Å²) in [7, 11) is 1.94. The summed E-state index contributed by atoms with van der Waals surface area (Å²) in [5.41, 5.74) is 3.05. The summed E-state index contributed by atoms with van der Waals surface area (Å²) in [5.74, 6) is -2.72. The number of nitrogens with one attached hydrogen (secondary N) is 1. The van der Waals surface area contributed by atoms with E-state index in [1.165, 1.54) is 11.1 Å². The van der Waals surface area contributed by atoms with Crippen molar-refractivity contribution in [3.8, 4) is 0 Å². The SMILES string of the molecule is CN(CC(=O)Nc1ccccc1SC(F)F)C1CCCc2ccccc21. The number of para-hydroxylation sites is 1. The van der Waals surface area contributed by atoms with E-state index >= 15 is 0 Å². The molecule has 0 saturated heterocycles. The second-order valence-corrected chi connectivity index (χ2v) is 7.48. The molecule has 1 atom stereocenters. The van der Waals surface area contributed by atoms with Crippen LogP contribution >= 0.6 is 11.8 Å². The van der Waals surface area contributed by atoms with Crippen LogP contribution in [0.15, 0.2) is 53.4 Å². The number of likely N-dealkylation sites (N-methyl/N-ethyl adjacent to an activating group) is 1. The highest BCUT2D eigenvalue weighted by molar-refractivity contribution is 7.99. The van der Waals surface area contributed by atoms with Gasteiger partial charge in [-0.05, 0) is 49.6 Å². The predicted molar refractivity (Wildman–Crippen MR) is 102 cm³/mol. The number of amides is 1. The van der Waals surface area contributed by atoms with Crippen molar-refractivity contribution in [3.05, 3.63) is 59.7 Å². The molecule has 1 aliphatic rings. The Bertz CT molecular complexity index is 769. The van der Waals surface area contributed by atoms with Gasteiger partial charge in [-0.15, -0.1) is 0 Å². The summed E-state index contributed by atoms with van der Waals surface area (Å²) in [6.45, 7) is 0.215. The molecule has 0 bridgehead atoms. The first-order valence-corrected chi connectivity index (χ1v) is 9.54. The molecule has 2 aromatic carbocycles. The van der Waals surface area contributed by atoms with Crippen LogP contribution in [0.2, 0.25) is 0 Å². The lowest BCUT2D eigenvalue weighted by molar-refractivity contribution is -0.117. The van der Waals surface area contributed by atoms with Gasteiger partial charge in [0.15, 0.2) is 0 Å². The van der Waals surface area contributed by atoms with Gasteiger partial charge in [0.1, 0.15) is 0 Å². The summed E-state index contributed by atoms with van der Waals surface area (Å²) in [4.78, 5) is 14.9. The van der Waals surface area contributed by atoms with Gasteiger partial charge in [-0.3, -0.25) is 9.69 Å². The molecule has 138 valence electrons. The average Bonchev–Trinajstić information content (AvgIpc) is 2.62. The van der Waals surface area contributed by atoms with E-state index < -0.39 is 5.76 Å². The van der Waals surface area contributed by atoms with Crippen LogP contribution < -0.4 is 5.32 Å². The third-order valence-corrected chi connectivity index (χ3v) is 5.43. The highest BCUT2D eigenvalue weighted by atomic mass is 32.2. The van der Waals surface area contributed by atoms with Crippen molar-refractivity contribution in [3.63, 3.8) is 0 Å². The minimum atomic E-state index is -2.52. The van der Waals surface area contributed by atoms with E-state index in [2.05, 4.69) is 17.4 Å². The molecule has 0 spiro atoms. The lowest BCUT2D eigenvalue weighted by Crippen LogP contribution is -2.35. The quantitative estimate of drug-likeness (QED) is 0.724. The zero-order chi connectivity index (χ0) is 18.5. The molecule has 0 aliphatic heterocycles. The van der Waals surface area contributed by atoms with Crippen LogP contribution in [-0.2, 0) is 11.2 Å². The number of rotatable bonds is 6. The van der Waals surface area contributed by atoms with E-state index in [0.29, 0.717) is 22.3 Å². The Hall–Kier alpha value is -1.92. The number of carbonyl (C=O) groups is 1. The fraction of sp³-hybridized carbons (Fsp3) is 0.350. The number of benzene rings is 2. The number of anilines is 1. The van der Waals surface area contributed by atoms with Gasteiger partial charge in [-0.1, -0.05) is 48.2 Å². The lowest BCUT2D eigenvalue weighted by atomic mass is 9.87. The molecule has 0 fully saturated rings. The van der Waals surface area contributed by atoms with Crippen molar-refractivity contribution in [1.29, 1.82) is 0 Å².